The van der Waals surface area contributed by atoms with Crippen LogP contribution in [0.15, 0.2) is 42.9 Å². The summed E-state index contributed by atoms with van der Waals surface area (Å²) in [7, 11) is 1.79. The molecule has 0 unspecified atom stereocenters. The normalized spacial score (nSPS) is 10.8. The van der Waals surface area contributed by atoms with Crippen LogP contribution in [0.4, 0.5) is 0 Å². The average Bonchev–Trinajstić information content (AvgIpc) is 3.07. The first kappa shape index (κ1) is 11.5. The van der Waals surface area contributed by atoms with Crippen molar-refractivity contribution < 1.29 is 4.79 Å². The molecule has 0 spiro atoms. The summed E-state index contributed by atoms with van der Waals surface area (Å²) in [6.45, 7) is 0.540. The number of carbonyl (C=O) groups is 1. The molecule has 96 valence electrons. The van der Waals surface area contributed by atoms with Gasteiger partial charge in [0.25, 0.3) is 5.91 Å². The third kappa shape index (κ3) is 2.22. The molecule has 0 fully saturated rings. The predicted octanol–water partition coefficient (Wildman–Crippen LogP) is 2.16. The predicted molar refractivity (Wildman–Crippen MR) is 72.7 cm³/mol. The molecule has 3 aromatic rings. The molecule has 0 saturated carbocycles. The van der Waals surface area contributed by atoms with Crippen molar-refractivity contribution in [1.82, 2.24) is 20.1 Å². The van der Waals surface area contributed by atoms with Gasteiger partial charge in [0.05, 0.1) is 6.20 Å². The van der Waals surface area contributed by atoms with Crippen LogP contribution in [0.5, 0.6) is 0 Å². The molecule has 1 aromatic carbocycles. The Labute approximate surface area is 110 Å². The Balaban J connectivity index is 1.82. The highest BCUT2D eigenvalue weighted by Gasteiger charge is 2.13. The van der Waals surface area contributed by atoms with Crippen LogP contribution in [-0.2, 0) is 6.54 Å². The smallest absolute Gasteiger partial charge is 0.253 e. The molecule has 0 bridgehead atoms. The Kier molecular flexibility index (Phi) is 2.79. The number of nitrogens with one attached hydrogen (secondary N) is 2. The number of amides is 1. The molecule has 2 heterocycles. The maximum absolute atomic E-state index is 12.3. The summed E-state index contributed by atoms with van der Waals surface area (Å²) in [5.41, 5.74) is 2.64. The minimum atomic E-state index is -0.00213. The lowest BCUT2D eigenvalue weighted by Crippen LogP contribution is -2.25. The molecule has 0 saturated heterocycles. The Morgan fingerprint density at radius 3 is 3.05 bits per heavy atom. The Morgan fingerprint density at radius 2 is 2.26 bits per heavy atom. The van der Waals surface area contributed by atoms with Gasteiger partial charge in [-0.2, -0.15) is 5.10 Å². The van der Waals surface area contributed by atoms with Gasteiger partial charge in [0.15, 0.2) is 0 Å². The number of aromatic nitrogens is 3. The number of carbonyl (C=O) groups excluding carboxylic acids is 1. The topological polar surface area (TPSA) is 64.8 Å². The van der Waals surface area contributed by atoms with Crippen molar-refractivity contribution in [2.24, 2.45) is 0 Å². The van der Waals surface area contributed by atoms with Crippen LogP contribution >= 0.6 is 0 Å². The number of benzene rings is 1. The molecule has 1 amide bonds. The highest BCUT2D eigenvalue weighted by molar-refractivity contribution is 5.97. The second kappa shape index (κ2) is 4.61. The van der Waals surface area contributed by atoms with E-state index in [0.29, 0.717) is 12.1 Å². The summed E-state index contributed by atoms with van der Waals surface area (Å²) in [6.07, 6.45) is 5.38. The van der Waals surface area contributed by atoms with E-state index in [1.165, 1.54) is 0 Å². The standard InChI is InChI=1S/C14H14N4O/c1-18(9-10-7-16-17-8-10)14(19)12-3-2-11-4-5-15-13(11)6-12/h2-8,15H,9H2,1H3,(H,16,17). The first-order valence-corrected chi connectivity index (χ1v) is 6.04. The van der Waals surface area contributed by atoms with E-state index in [-0.39, 0.29) is 5.91 Å². The zero-order valence-electron chi connectivity index (χ0n) is 10.6. The molecule has 0 aliphatic heterocycles. The van der Waals surface area contributed by atoms with Gasteiger partial charge in [-0.15, -0.1) is 0 Å². The van der Waals surface area contributed by atoms with E-state index in [9.17, 15) is 4.79 Å². The minimum absolute atomic E-state index is 0.00213. The van der Waals surface area contributed by atoms with Crippen molar-refractivity contribution in [3.8, 4) is 0 Å². The summed E-state index contributed by atoms with van der Waals surface area (Å²) >= 11 is 0. The van der Waals surface area contributed by atoms with Crippen LogP contribution in [0, 0.1) is 0 Å². The van der Waals surface area contributed by atoms with Crippen LogP contribution in [-0.4, -0.2) is 33.0 Å². The number of aromatic amines is 2. The lowest BCUT2D eigenvalue weighted by Gasteiger charge is -2.16. The Hall–Kier alpha value is -2.56. The van der Waals surface area contributed by atoms with Crippen molar-refractivity contribution in [2.45, 2.75) is 6.54 Å². The lowest BCUT2D eigenvalue weighted by molar-refractivity contribution is 0.0785. The molecule has 0 atom stereocenters. The maximum Gasteiger partial charge on any atom is 0.253 e. The van der Waals surface area contributed by atoms with E-state index in [1.54, 1.807) is 24.3 Å². The van der Waals surface area contributed by atoms with Crippen LogP contribution in [0.25, 0.3) is 10.9 Å². The minimum Gasteiger partial charge on any atom is -0.361 e. The number of hydrogen-bond donors (Lipinski definition) is 2. The van der Waals surface area contributed by atoms with E-state index < -0.39 is 0 Å². The third-order valence-corrected chi connectivity index (χ3v) is 3.12. The largest absolute Gasteiger partial charge is 0.361 e. The number of nitrogens with zero attached hydrogens (tertiary/aromatic N) is 2. The fourth-order valence-electron chi connectivity index (χ4n) is 2.11. The summed E-state index contributed by atoms with van der Waals surface area (Å²) in [6, 6.07) is 7.66. The molecule has 0 aliphatic rings. The van der Waals surface area contributed by atoms with E-state index in [1.807, 2.05) is 30.5 Å². The first-order valence-electron chi connectivity index (χ1n) is 6.04. The highest BCUT2D eigenvalue weighted by Crippen LogP contribution is 2.16. The van der Waals surface area contributed by atoms with Gasteiger partial charge in [-0.25, -0.2) is 0 Å². The molecule has 0 aliphatic carbocycles. The summed E-state index contributed by atoms with van der Waals surface area (Å²) in [5, 5.41) is 7.72. The fraction of sp³-hybridized carbons (Fsp3) is 0.143. The molecule has 2 aromatic heterocycles. The van der Waals surface area contributed by atoms with E-state index in [2.05, 4.69) is 15.2 Å². The lowest BCUT2D eigenvalue weighted by atomic mass is 10.1. The Bertz CT molecular complexity index is 699. The van der Waals surface area contributed by atoms with E-state index in [4.69, 9.17) is 0 Å². The van der Waals surface area contributed by atoms with Crippen molar-refractivity contribution in [3.63, 3.8) is 0 Å². The zero-order chi connectivity index (χ0) is 13.2. The first-order chi connectivity index (χ1) is 9.24. The highest BCUT2D eigenvalue weighted by atomic mass is 16.2. The molecule has 2 N–H and O–H groups in total. The van der Waals surface area contributed by atoms with Gasteiger partial charge < -0.3 is 9.88 Å². The van der Waals surface area contributed by atoms with Gasteiger partial charge >= 0.3 is 0 Å². The third-order valence-electron chi connectivity index (χ3n) is 3.12. The van der Waals surface area contributed by atoms with Crippen molar-refractivity contribution in [1.29, 1.82) is 0 Å². The molecule has 3 rings (SSSR count). The summed E-state index contributed by atoms with van der Waals surface area (Å²) in [5.74, 6) is -0.00213. The molecular weight excluding hydrogens is 240 g/mol. The van der Waals surface area contributed by atoms with Gasteiger partial charge in [-0.1, -0.05) is 6.07 Å². The van der Waals surface area contributed by atoms with Gasteiger partial charge in [0.1, 0.15) is 0 Å². The van der Waals surface area contributed by atoms with Crippen LogP contribution in [0.1, 0.15) is 15.9 Å². The van der Waals surface area contributed by atoms with E-state index >= 15 is 0 Å². The molecule has 0 radical (unpaired) electrons. The number of rotatable bonds is 3. The van der Waals surface area contributed by atoms with E-state index in [0.717, 1.165) is 16.5 Å². The average molecular weight is 254 g/mol. The Morgan fingerprint density at radius 1 is 1.37 bits per heavy atom. The molecular formula is C14H14N4O. The summed E-state index contributed by atoms with van der Waals surface area (Å²) in [4.78, 5) is 17.1. The second-order valence-corrected chi connectivity index (χ2v) is 4.55. The fourth-order valence-corrected chi connectivity index (χ4v) is 2.11. The van der Waals surface area contributed by atoms with Crippen molar-refractivity contribution in [2.75, 3.05) is 7.05 Å². The number of H-pyrrole nitrogens is 2. The number of hydrogen-bond acceptors (Lipinski definition) is 2. The molecule has 5 heteroatoms. The van der Waals surface area contributed by atoms with Crippen LogP contribution < -0.4 is 0 Å². The quantitative estimate of drug-likeness (QED) is 0.752. The van der Waals surface area contributed by atoms with Crippen LogP contribution in [0.2, 0.25) is 0 Å². The number of fused-ring (bicyclic) bond motifs is 1. The van der Waals surface area contributed by atoms with Crippen molar-refractivity contribution >= 4 is 16.8 Å². The SMILES string of the molecule is CN(Cc1cn[nH]c1)C(=O)c1ccc2cc[nH]c2c1. The van der Waals surface area contributed by atoms with Gasteiger partial charge in [-0.05, 0) is 23.6 Å². The van der Waals surface area contributed by atoms with Crippen LogP contribution in [0.3, 0.4) is 0 Å². The molecule has 19 heavy (non-hydrogen) atoms. The monoisotopic (exact) mass is 254 g/mol. The van der Waals surface area contributed by atoms with Gasteiger partial charge in [0.2, 0.25) is 0 Å². The molecule has 5 nitrogen and oxygen atoms in total. The summed E-state index contributed by atoms with van der Waals surface area (Å²) < 4.78 is 0. The second-order valence-electron chi connectivity index (χ2n) is 4.55. The van der Waals surface area contributed by atoms with Gasteiger partial charge in [-0.3, -0.25) is 9.89 Å². The van der Waals surface area contributed by atoms with Crippen molar-refractivity contribution in [3.05, 3.63) is 54.0 Å². The maximum atomic E-state index is 12.3. The van der Waals surface area contributed by atoms with Gasteiger partial charge in [0, 0.05) is 42.6 Å². The zero-order valence-corrected chi connectivity index (χ0v) is 10.6.